The van der Waals surface area contributed by atoms with Crippen LogP contribution in [0, 0.1) is 0 Å². The number of amides is 1. The zero-order valence-corrected chi connectivity index (χ0v) is 17.7. The third kappa shape index (κ3) is 4.31. The maximum absolute atomic E-state index is 13.1. The van der Waals surface area contributed by atoms with E-state index in [4.69, 9.17) is 13.9 Å². The van der Waals surface area contributed by atoms with E-state index in [0.29, 0.717) is 17.9 Å². The molecule has 3 heterocycles. The van der Waals surface area contributed by atoms with Crippen molar-refractivity contribution in [2.45, 2.75) is 12.5 Å². The van der Waals surface area contributed by atoms with Gasteiger partial charge in [0.05, 0.1) is 24.8 Å². The third-order valence-corrected chi connectivity index (χ3v) is 5.27. The van der Waals surface area contributed by atoms with Crippen molar-refractivity contribution in [1.29, 1.82) is 0 Å². The fourth-order valence-corrected chi connectivity index (χ4v) is 3.59. The molecular formula is C23H20N6O4. The minimum Gasteiger partial charge on any atom is -0.497 e. The van der Waals surface area contributed by atoms with Gasteiger partial charge in [0.15, 0.2) is 6.61 Å². The summed E-state index contributed by atoms with van der Waals surface area (Å²) in [6, 6.07) is 18.0. The molecule has 2 aromatic heterocycles. The summed E-state index contributed by atoms with van der Waals surface area (Å²) in [7, 11) is 1.62. The molecule has 1 amide bonds. The van der Waals surface area contributed by atoms with Crippen LogP contribution in [0.5, 0.6) is 11.5 Å². The van der Waals surface area contributed by atoms with Gasteiger partial charge >= 0.3 is 0 Å². The first kappa shape index (κ1) is 20.4. The fraction of sp³-hybridized carbons (Fsp3) is 0.174. The standard InChI is InChI=1S/C23H20N6O4/c1-31-18-8-4-16(5-9-18)20-13-21(22-3-2-12-32-22)29(25-20)23(30)14-33-19-10-6-17(7-11-19)28-15-24-26-27-28/h2-12,15,21H,13-14H2,1H3/t21-/m0/s1. The first-order valence-corrected chi connectivity index (χ1v) is 10.2. The van der Waals surface area contributed by atoms with E-state index in [1.165, 1.54) is 16.0 Å². The summed E-state index contributed by atoms with van der Waals surface area (Å²) < 4.78 is 18.1. The van der Waals surface area contributed by atoms with Gasteiger partial charge in [0.2, 0.25) is 0 Å². The number of hydrogen-bond donors (Lipinski definition) is 0. The van der Waals surface area contributed by atoms with E-state index in [0.717, 1.165) is 22.7 Å². The van der Waals surface area contributed by atoms with E-state index in [9.17, 15) is 4.79 Å². The quantitative estimate of drug-likeness (QED) is 0.431. The lowest BCUT2D eigenvalue weighted by Crippen LogP contribution is -2.31. The molecule has 10 heteroatoms. The van der Waals surface area contributed by atoms with Crippen LogP contribution < -0.4 is 9.47 Å². The van der Waals surface area contributed by atoms with E-state index in [1.54, 1.807) is 43.7 Å². The Labute approximate surface area is 189 Å². The third-order valence-electron chi connectivity index (χ3n) is 5.27. The zero-order chi connectivity index (χ0) is 22.6. The van der Waals surface area contributed by atoms with Crippen molar-refractivity contribution in [3.05, 3.63) is 84.6 Å². The molecule has 4 aromatic rings. The monoisotopic (exact) mass is 444 g/mol. The highest BCUT2D eigenvalue weighted by Crippen LogP contribution is 2.33. The smallest absolute Gasteiger partial charge is 0.281 e. The molecule has 0 saturated carbocycles. The molecule has 0 bridgehead atoms. The topological polar surface area (TPSA) is 108 Å². The average molecular weight is 444 g/mol. The minimum absolute atomic E-state index is 0.166. The van der Waals surface area contributed by atoms with Crippen molar-refractivity contribution in [1.82, 2.24) is 25.2 Å². The molecule has 0 N–H and O–H groups in total. The highest BCUT2D eigenvalue weighted by Gasteiger charge is 2.35. The number of hydrogen-bond acceptors (Lipinski definition) is 8. The Bertz CT molecular complexity index is 1240. The molecule has 5 rings (SSSR count). The molecule has 1 aliphatic rings. The van der Waals surface area contributed by atoms with Gasteiger partial charge in [0.25, 0.3) is 5.91 Å². The number of ether oxygens (including phenoxy) is 2. The van der Waals surface area contributed by atoms with Gasteiger partial charge in [0.1, 0.15) is 29.6 Å². The Balaban J connectivity index is 1.31. The van der Waals surface area contributed by atoms with Crippen LogP contribution in [0.25, 0.3) is 5.69 Å². The van der Waals surface area contributed by atoms with Crippen molar-refractivity contribution in [3.8, 4) is 17.2 Å². The highest BCUT2D eigenvalue weighted by molar-refractivity contribution is 6.03. The molecule has 0 unspecified atom stereocenters. The molecule has 1 atom stereocenters. The second kappa shape index (κ2) is 8.95. The van der Waals surface area contributed by atoms with Crippen LogP contribution in [0.15, 0.2) is 82.8 Å². The molecule has 0 radical (unpaired) electrons. The molecule has 0 aliphatic carbocycles. The predicted octanol–water partition coefficient (Wildman–Crippen LogP) is 3.02. The summed E-state index contributed by atoms with van der Waals surface area (Å²) in [4.78, 5) is 13.1. The molecule has 33 heavy (non-hydrogen) atoms. The van der Waals surface area contributed by atoms with Gasteiger partial charge in [-0.05, 0) is 76.7 Å². The molecule has 10 nitrogen and oxygen atoms in total. The summed E-state index contributed by atoms with van der Waals surface area (Å²) in [5.41, 5.74) is 2.49. The van der Waals surface area contributed by atoms with Crippen LogP contribution in [0.3, 0.4) is 0 Å². The summed E-state index contributed by atoms with van der Waals surface area (Å²) >= 11 is 0. The van der Waals surface area contributed by atoms with Gasteiger partial charge in [-0.1, -0.05) is 0 Å². The Hall–Kier alpha value is -4.47. The van der Waals surface area contributed by atoms with E-state index >= 15 is 0 Å². The highest BCUT2D eigenvalue weighted by atomic mass is 16.5. The molecular weight excluding hydrogens is 424 g/mol. The number of carbonyl (C=O) groups is 1. The zero-order valence-electron chi connectivity index (χ0n) is 17.7. The molecule has 1 aliphatic heterocycles. The van der Waals surface area contributed by atoms with Gasteiger partial charge < -0.3 is 13.9 Å². The number of rotatable bonds is 7. The predicted molar refractivity (Wildman–Crippen MR) is 117 cm³/mol. The summed E-state index contributed by atoms with van der Waals surface area (Å²) in [6.45, 7) is -0.166. The summed E-state index contributed by atoms with van der Waals surface area (Å²) in [5, 5.41) is 17.1. The fourth-order valence-electron chi connectivity index (χ4n) is 3.59. The lowest BCUT2D eigenvalue weighted by Gasteiger charge is -2.20. The summed E-state index contributed by atoms with van der Waals surface area (Å²) in [6.07, 6.45) is 3.62. The molecule has 0 saturated heterocycles. The number of nitrogens with zero attached hydrogens (tertiary/aromatic N) is 6. The molecule has 0 fully saturated rings. The molecule has 166 valence electrons. The normalized spacial score (nSPS) is 15.4. The molecule has 2 aromatic carbocycles. The van der Waals surface area contributed by atoms with E-state index < -0.39 is 0 Å². The van der Waals surface area contributed by atoms with Gasteiger partial charge in [-0.25, -0.2) is 9.69 Å². The first-order chi connectivity index (χ1) is 16.2. The lowest BCUT2D eigenvalue weighted by atomic mass is 10.0. The van der Waals surface area contributed by atoms with Crippen molar-refractivity contribution in [3.63, 3.8) is 0 Å². The number of carbonyl (C=O) groups excluding carboxylic acids is 1. The number of aromatic nitrogens is 4. The summed E-state index contributed by atoms with van der Waals surface area (Å²) in [5.74, 6) is 1.70. The van der Waals surface area contributed by atoms with Crippen molar-refractivity contribution in [2.24, 2.45) is 5.10 Å². The Kier molecular flexibility index (Phi) is 5.54. The van der Waals surface area contributed by atoms with Crippen molar-refractivity contribution in [2.75, 3.05) is 13.7 Å². The van der Waals surface area contributed by atoms with Gasteiger partial charge in [0, 0.05) is 6.42 Å². The number of benzene rings is 2. The number of furan rings is 1. The lowest BCUT2D eigenvalue weighted by molar-refractivity contribution is -0.135. The van der Waals surface area contributed by atoms with Gasteiger partial charge in [-0.2, -0.15) is 5.10 Å². The Morgan fingerprint density at radius 1 is 1.09 bits per heavy atom. The number of tetrazole rings is 1. The van der Waals surface area contributed by atoms with Crippen molar-refractivity contribution < 1.29 is 18.7 Å². The van der Waals surface area contributed by atoms with Gasteiger partial charge in [-0.15, -0.1) is 5.10 Å². The maximum Gasteiger partial charge on any atom is 0.281 e. The SMILES string of the molecule is COc1ccc(C2=NN(C(=O)COc3ccc(-n4cnnn4)cc3)[C@H](c3ccco3)C2)cc1. The van der Waals surface area contributed by atoms with Gasteiger partial charge in [-0.3, -0.25) is 4.79 Å². The number of hydrazone groups is 1. The van der Waals surface area contributed by atoms with Crippen LogP contribution in [0.1, 0.15) is 23.8 Å². The average Bonchev–Trinajstić information content (AvgIpc) is 3.64. The van der Waals surface area contributed by atoms with Crippen LogP contribution in [-0.4, -0.2) is 50.6 Å². The molecule has 0 spiro atoms. The van der Waals surface area contributed by atoms with E-state index in [-0.39, 0.29) is 18.6 Å². The number of methoxy groups -OCH3 is 1. The second-order valence-electron chi connectivity index (χ2n) is 7.29. The van der Waals surface area contributed by atoms with Crippen LogP contribution in [0.2, 0.25) is 0 Å². The minimum atomic E-state index is -0.338. The maximum atomic E-state index is 13.1. The van der Waals surface area contributed by atoms with Crippen molar-refractivity contribution >= 4 is 11.6 Å². The Morgan fingerprint density at radius 3 is 2.55 bits per heavy atom. The Morgan fingerprint density at radius 2 is 1.88 bits per heavy atom. The van der Waals surface area contributed by atoms with Crippen LogP contribution in [-0.2, 0) is 4.79 Å². The van der Waals surface area contributed by atoms with E-state index in [1.807, 2.05) is 30.3 Å². The first-order valence-electron chi connectivity index (χ1n) is 10.2. The van der Waals surface area contributed by atoms with Crippen LogP contribution in [0.4, 0.5) is 0 Å². The largest absolute Gasteiger partial charge is 0.497 e. The second-order valence-corrected chi connectivity index (χ2v) is 7.29. The van der Waals surface area contributed by atoms with E-state index in [2.05, 4.69) is 20.6 Å². The van der Waals surface area contributed by atoms with Crippen LogP contribution >= 0.6 is 0 Å².